The molecule has 2 aliphatic rings. The van der Waals surface area contributed by atoms with Crippen molar-refractivity contribution in [1.82, 2.24) is 20.0 Å². The lowest BCUT2D eigenvalue weighted by Gasteiger charge is -2.31. The zero-order valence-corrected chi connectivity index (χ0v) is 15.9. The minimum absolute atomic E-state index is 0.0344. The summed E-state index contributed by atoms with van der Waals surface area (Å²) >= 11 is 0. The molecule has 2 saturated heterocycles. The van der Waals surface area contributed by atoms with E-state index >= 15 is 0 Å². The third-order valence-electron chi connectivity index (χ3n) is 5.11. The first kappa shape index (κ1) is 19.8. The van der Waals surface area contributed by atoms with Gasteiger partial charge in [-0.1, -0.05) is 18.2 Å². The SMILES string of the molecule is O=C(CN(CCCN1CCOCC1)C(=O)c1ccccc1)N1CCNCC1. The number of rotatable bonds is 7. The Hall–Kier alpha value is -1.96. The summed E-state index contributed by atoms with van der Waals surface area (Å²) in [5, 5.41) is 3.25. The lowest BCUT2D eigenvalue weighted by atomic mass is 10.2. The van der Waals surface area contributed by atoms with Crippen molar-refractivity contribution < 1.29 is 14.3 Å². The molecule has 1 N–H and O–H groups in total. The molecule has 2 fully saturated rings. The number of morpholine rings is 1. The number of nitrogens with zero attached hydrogens (tertiary/aromatic N) is 3. The fourth-order valence-corrected chi connectivity index (χ4v) is 3.50. The second-order valence-corrected chi connectivity index (χ2v) is 7.03. The Balaban J connectivity index is 1.58. The maximum Gasteiger partial charge on any atom is 0.254 e. The number of ether oxygens (including phenoxy) is 1. The molecule has 0 radical (unpaired) electrons. The molecular weight excluding hydrogens is 344 g/mol. The van der Waals surface area contributed by atoms with Crippen molar-refractivity contribution in [3.63, 3.8) is 0 Å². The third-order valence-corrected chi connectivity index (χ3v) is 5.11. The molecule has 148 valence electrons. The van der Waals surface area contributed by atoms with Crippen LogP contribution >= 0.6 is 0 Å². The lowest BCUT2D eigenvalue weighted by molar-refractivity contribution is -0.132. The van der Waals surface area contributed by atoms with Crippen LogP contribution in [0.25, 0.3) is 0 Å². The molecule has 1 aromatic carbocycles. The summed E-state index contributed by atoms with van der Waals surface area (Å²) in [7, 11) is 0. The first-order chi connectivity index (χ1) is 13.2. The lowest BCUT2D eigenvalue weighted by Crippen LogP contribution is -2.50. The Labute approximate surface area is 161 Å². The van der Waals surface area contributed by atoms with Crippen LogP contribution in [0.1, 0.15) is 16.8 Å². The molecule has 0 atom stereocenters. The van der Waals surface area contributed by atoms with E-state index in [1.807, 2.05) is 35.2 Å². The van der Waals surface area contributed by atoms with Gasteiger partial charge in [-0.05, 0) is 18.6 Å². The van der Waals surface area contributed by atoms with Crippen LogP contribution in [-0.2, 0) is 9.53 Å². The van der Waals surface area contributed by atoms with Gasteiger partial charge in [0.25, 0.3) is 5.91 Å². The van der Waals surface area contributed by atoms with Crippen LogP contribution in [-0.4, -0.2) is 98.6 Å². The maximum atomic E-state index is 13.0. The summed E-state index contributed by atoms with van der Waals surface area (Å²) in [6.45, 7) is 8.12. The van der Waals surface area contributed by atoms with Crippen molar-refractivity contribution in [1.29, 1.82) is 0 Å². The van der Waals surface area contributed by atoms with E-state index in [2.05, 4.69) is 10.2 Å². The molecule has 3 rings (SSSR count). The highest BCUT2D eigenvalue weighted by Gasteiger charge is 2.23. The Morgan fingerprint density at radius 2 is 1.74 bits per heavy atom. The van der Waals surface area contributed by atoms with Crippen LogP contribution in [0, 0.1) is 0 Å². The van der Waals surface area contributed by atoms with Gasteiger partial charge < -0.3 is 19.9 Å². The van der Waals surface area contributed by atoms with Crippen molar-refractivity contribution in [2.75, 3.05) is 72.1 Å². The highest BCUT2D eigenvalue weighted by molar-refractivity contribution is 5.96. The van der Waals surface area contributed by atoms with Crippen LogP contribution in [0.5, 0.6) is 0 Å². The van der Waals surface area contributed by atoms with Gasteiger partial charge in [-0.15, -0.1) is 0 Å². The summed E-state index contributed by atoms with van der Waals surface area (Å²) in [6.07, 6.45) is 0.855. The van der Waals surface area contributed by atoms with E-state index < -0.39 is 0 Å². The molecule has 0 spiro atoms. The highest BCUT2D eigenvalue weighted by Crippen LogP contribution is 2.08. The van der Waals surface area contributed by atoms with Gasteiger partial charge in [0.2, 0.25) is 5.91 Å². The van der Waals surface area contributed by atoms with E-state index in [1.165, 1.54) is 0 Å². The standard InChI is InChI=1S/C20H30N4O3/c25-19(23-11-7-21-8-12-23)17-24(20(26)18-5-2-1-3-6-18)10-4-9-22-13-15-27-16-14-22/h1-3,5-6,21H,4,7-17H2. The van der Waals surface area contributed by atoms with E-state index in [0.717, 1.165) is 52.4 Å². The molecule has 1 aromatic rings. The fraction of sp³-hybridized carbons (Fsp3) is 0.600. The number of hydrogen-bond acceptors (Lipinski definition) is 5. The van der Waals surface area contributed by atoms with Gasteiger partial charge in [0, 0.05) is 57.9 Å². The van der Waals surface area contributed by atoms with Crippen LogP contribution in [0.2, 0.25) is 0 Å². The van der Waals surface area contributed by atoms with Crippen LogP contribution in [0.3, 0.4) is 0 Å². The molecule has 27 heavy (non-hydrogen) atoms. The predicted molar refractivity (Wildman–Crippen MR) is 104 cm³/mol. The van der Waals surface area contributed by atoms with Crippen molar-refractivity contribution in [2.24, 2.45) is 0 Å². The Bertz CT molecular complexity index is 599. The van der Waals surface area contributed by atoms with E-state index in [4.69, 9.17) is 4.74 Å². The van der Waals surface area contributed by atoms with E-state index in [-0.39, 0.29) is 18.4 Å². The van der Waals surface area contributed by atoms with E-state index in [9.17, 15) is 9.59 Å². The molecule has 2 aliphatic heterocycles. The van der Waals surface area contributed by atoms with Crippen molar-refractivity contribution >= 4 is 11.8 Å². The van der Waals surface area contributed by atoms with Gasteiger partial charge in [0.15, 0.2) is 0 Å². The van der Waals surface area contributed by atoms with Crippen LogP contribution in [0.4, 0.5) is 0 Å². The predicted octanol–water partition coefficient (Wildman–Crippen LogP) is 0.283. The average Bonchev–Trinajstić information content (AvgIpc) is 2.74. The zero-order chi connectivity index (χ0) is 18.9. The van der Waals surface area contributed by atoms with Gasteiger partial charge in [-0.2, -0.15) is 0 Å². The van der Waals surface area contributed by atoms with Gasteiger partial charge >= 0.3 is 0 Å². The fourth-order valence-electron chi connectivity index (χ4n) is 3.50. The number of nitrogens with one attached hydrogen (secondary N) is 1. The van der Waals surface area contributed by atoms with Gasteiger partial charge in [0.05, 0.1) is 13.2 Å². The minimum atomic E-state index is -0.0685. The first-order valence-corrected chi connectivity index (χ1v) is 9.87. The highest BCUT2D eigenvalue weighted by atomic mass is 16.5. The molecule has 0 aliphatic carbocycles. The van der Waals surface area contributed by atoms with E-state index in [0.29, 0.717) is 25.2 Å². The number of piperazine rings is 1. The second kappa shape index (κ2) is 10.4. The molecule has 0 aromatic heterocycles. The number of carbonyl (C=O) groups is 2. The normalized spacial score (nSPS) is 18.3. The number of benzene rings is 1. The number of hydrogen-bond donors (Lipinski definition) is 1. The molecule has 0 unspecified atom stereocenters. The topological polar surface area (TPSA) is 65.1 Å². The molecule has 7 heteroatoms. The molecule has 0 bridgehead atoms. The van der Waals surface area contributed by atoms with Gasteiger partial charge in [0.1, 0.15) is 6.54 Å². The van der Waals surface area contributed by atoms with Crippen molar-refractivity contribution in [2.45, 2.75) is 6.42 Å². The monoisotopic (exact) mass is 374 g/mol. The summed E-state index contributed by atoms with van der Waals surface area (Å²) < 4.78 is 5.38. The average molecular weight is 374 g/mol. The van der Waals surface area contributed by atoms with Gasteiger partial charge in [-0.3, -0.25) is 14.5 Å². The zero-order valence-electron chi connectivity index (χ0n) is 15.9. The molecular formula is C20H30N4O3. The second-order valence-electron chi connectivity index (χ2n) is 7.03. The smallest absolute Gasteiger partial charge is 0.254 e. The minimum Gasteiger partial charge on any atom is -0.379 e. The van der Waals surface area contributed by atoms with Crippen LogP contribution < -0.4 is 5.32 Å². The molecule has 0 saturated carbocycles. The van der Waals surface area contributed by atoms with Crippen molar-refractivity contribution in [3.05, 3.63) is 35.9 Å². The molecule has 2 amide bonds. The quantitative estimate of drug-likeness (QED) is 0.743. The maximum absolute atomic E-state index is 13.0. The third kappa shape index (κ3) is 6.02. The summed E-state index contributed by atoms with van der Waals surface area (Å²) in [5.74, 6) is -0.0341. The Morgan fingerprint density at radius 3 is 2.44 bits per heavy atom. The Kier molecular flexibility index (Phi) is 7.62. The summed E-state index contributed by atoms with van der Waals surface area (Å²) in [4.78, 5) is 31.6. The van der Waals surface area contributed by atoms with Crippen LogP contribution in [0.15, 0.2) is 30.3 Å². The summed E-state index contributed by atoms with van der Waals surface area (Å²) in [6, 6.07) is 9.24. The number of carbonyl (C=O) groups excluding carboxylic acids is 2. The first-order valence-electron chi connectivity index (χ1n) is 9.87. The van der Waals surface area contributed by atoms with E-state index in [1.54, 1.807) is 4.90 Å². The number of amides is 2. The molecule has 7 nitrogen and oxygen atoms in total. The Morgan fingerprint density at radius 1 is 1.04 bits per heavy atom. The van der Waals surface area contributed by atoms with Gasteiger partial charge in [-0.25, -0.2) is 0 Å². The van der Waals surface area contributed by atoms with Crippen molar-refractivity contribution in [3.8, 4) is 0 Å². The largest absolute Gasteiger partial charge is 0.379 e. The molecule has 2 heterocycles. The summed E-state index contributed by atoms with van der Waals surface area (Å²) in [5.41, 5.74) is 0.636.